The molecule has 0 saturated heterocycles. The van der Waals surface area contributed by atoms with Gasteiger partial charge in [-0.05, 0) is 50.2 Å². The summed E-state index contributed by atoms with van der Waals surface area (Å²) in [5.74, 6) is 1.57. The number of hydrogen-bond acceptors (Lipinski definition) is 4. The summed E-state index contributed by atoms with van der Waals surface area (Å²) >= 11 is 5.00. The van der Waals surface area contributed by atoms with Crippen LogP contribution in [0.25, 0.3) is 0 Å². The van der Waals surface area contributed by atoms with E-state index in [1.54, 1.807) is 0 Å². The summed E-state index contributed by atoms with van der Waals surface area (Å²) in [7, 11) is 0. The maximum absolute atomic E-state index is 5.66. The Labute approximate surface area is 124 Å². The van der Waals surface area contributed by atoms with Crippen molar-refractivity contribution in [3.8, 4) is 5.75 Å². The van der Waals surface area contributed by atoms with Crippen molar-refractivity contribution in [2.75, 3.05) is 11.9 Å². The van der Waals surface area contributed by atoms with Crippen molar-refractivity contribution in [2.45, 2.75) is 13.8 Å². The van der Waals surface area contributed by atoms with Crippen molar-refractivity contribution in [1.82, 2.24) is 4.98 Å². The lowest BCUT2D eigenvalue weighted by atomic mass is 10.2. The molecule has 2 rings (SSSR count). The molecular formula is C15H17N3OS. The zero-order valence-corrected chi connectivity index (χ0v) is 12.3. The number of thiocarbonyl (C=S) groups is 1. The number of nitrogens with two attached hydrogens (primary N) is 1. The summed E-state index contributed by atoms with van der Waals surface area (Å²) in [4.78, 5) is 4.78. The Kier molecular flexibility index (Phi) is 4.53. The number of anilines is 2. The van der Waals surface area contributed by atoms with Gasteiger partial charge in [-0.2, -0.15) is 0 Å². The lowest BCUT2D eigenvalue weighted by Crippen LogP contribution is -2.10. The predicted octanol–water partition coefficient (Wildman–Crippen LogP) is 3.17. The first kappa shape index (κ1) is 14.3. The average Bonchev–Trinajstić information content (AvgIpc) is 2.40. The second-order valence-electron chi connectivity index (χ2n) is 4.33. The van der Waals surface area contributed by atoms with Gasteiger partial charge in [-0.15, -0.1) is 0 Å². The Morgan fingerprint density at radius 2 is 2.00 bits per heavy atom. The van der Waals surface area contributed by atoms with Crippen molar-refractivity contribution in [2.24, 2.45) is 5.73 Å². The Balaban J connectivity index is 2.19. The van der Waals surface area contributed by atoms with Gasteiger partial charge in [0.05, 0.1) is 6.61 Å². The molecule has 0 fully saturated rings. The van der Waals surface area contributed by atoms with Crippen LogP contribution in [0.2, 0.25) is 0 Å². The summed E-state index contributed by atoms with van der Waals surface area (Å²) in [6, 6.07) is 11.4. The van der Waals surface area contributed by atoms with E-state index in [2.05, 4.69) is 10.3 Å². The number of nitrogens with one attached hydrogen (secondary N) is 1. The first-order valence-corrected chi connectivity index (χ1v) is 6.77. The van der Waals surface area contributed by atoms with E-state index >= 15 is 0 Å². The van der Waals surface area contributed by atoms with Crippen molar-refractivity contribution < 1.29 is 4.74 Å². The molecule has 20 heavy (non-hydrogen) atoms. The number of aryl methyl sites for hydroxylation is 1. The lowest BCUT2D eigenvalue weighted by molar-refractivity contribution is 0.340. The molecule has 0 unspecified atom stereocenters. The standard InChI is InChI=1S/C15H17N3OS/c1-3-19-13-6-4-12(5-7-13)18-14-9-11(15(16)20)8-10(2)17-14/h4-9H,3H2,1-2H3,(H2,16,20)(H,17,18). The summed E-state index contributed by atoms with van der Waals surface area (Å²) in [5.41, 5.74) is 8.26. The molecule has 5 heteroatoms. The van der Waals surface area contributed by atoms with Gasteiger partial charge >= 0.3 is 0 Å². The number of nitrogens with zero attached hydrogens (tertiary/aromatic N) is 1. The minimum absolute atomic E-state index is 0.366. The largest absolute Gasteiger partial charge is 0.494 e. The Morgan fingerprint density at radius 1 is 1.30 bits per heavy atom. The van der Waals surface area contributed by atoms with Gasteiger partial charge in [-0.3, -0.25) is 0 Å². The van der Waals surface area contributed by atoms with E-state index in [0.29, 0.717) is 11.6 Å². The SMILES string of the molecule is CCOc1ccc(Nc2cc(C(N)=S)cc(C)n2)cc1. The molecule has 0 amide bonds. The third-order valence-electron chi connectivity index (χ3n) is 2.68. The van der Waals surface area contributed by atoms with Crippen LogP contribution in [-0.2, 0) is 0 Å². The Morgan fingerprint density at radius 3 is 2.60 bits per heavy atom. The van der Waals surface area contributed by atoms with E-state index in [1.165, 1.54) is 0 Å². The highest BCUT2D eigenvalue weighted by molar-refractivity contribution is 7.80. The number of ether oxygens (including phenoxy) is 1. The number of hydrogen-bond donors (Lipinski definition) is 2. The van der Waals surface area contributed by atoms with Crippen LogP contribution in [0.5, 0.6) is 5.75 Å². The maximum Gasteiger partial charge on any atom is 0.131 e. The fourth-order valence-electron chi connectivity index (χ4n) is 1.82. The van der Waals surface area contributed by atoms with Crippen LogP contribution in [0, 0.1) is 6.92 Å². The molecule has 0 aliphatic carbocycles. The summed E-state index contributed by atoms with van der Waals surface area (Å²) in [5, 5.41) is 3.23. The van der Waals surface area contributed by atoms with Crippen molar-refractivity contribution >= 4 is 28.7 Å². The van der Waals surface area contributed by atoms with E-state index in [-0.39, 0.29) is 0 Å². The second-order valence-corrected chi connectivity index (χ2v) is 4.77. The van der Waals surface area contributed by atoms with Crippen LogP contribution < -0.4 is 15.8 Å². The predicted molar refractivity (Wildman–Crippen MR) is 85.8 cm³/mol. The van der Waals surface area contributed by atoms with Gasteiger partial charge in [0.1, 0.15) is 16.6 Å². The molecule has 0 atom stereocenters. The van der Waals surface area contributed by atoms with E-state index < -0.39 is 0 Å². The van der Waals surface area contributed by atoms with Gasteiger partial charge in [0, 0.05) is 16.9 Å². The normalized spacial score (nSPS) is 10.1. The van der Waals surface area contributed by atoms with E-state index in [4.69, 9.17) is 22.7 Å². The minimum atomic E-state index is 0.366. The molecule has 1 aromatic heterocycles. The number of pyridine rings is 1. The van der Waals surface area contributed by atoms with Crippen LogP contribution in [-0.4, -0.2) is 16.6 Å². The lowest BCUT2D eigenvalue weighted by Gasteiger charge is -2.09. The van der Waals surface area contributed by atoms with Crippen molar-refractivity contribution in [3.63, 3.8) is 0 Å². The van der Waals surface area contributed by atoms with Crippen LogP contribution in [0.3, 0.4) is 0 Å². The molecule has 1 aromatic carbocycles. The van der Waals surface area contributed by atoms with Gasteiger partial charge in [-0.25, -0.2) is 4.98 Å². The van der Waals surface area contributed by atoms with Crippen LogP contribution in [0.15, 0.2) is 36.4 Å². The average molecular weight is 287 g/mol. The fourth-order valence-corrected chi connectivity index (χ4v) is 1.94. The fraction of sp³-hybridized carbons (Fsp3) is 0.200. The summed E-state index contributed by atoms with van der Waals surface area (Å²) in [6.07, 6.45) is 0. The first-order chi connectivity index (χ1) is 9.58. The second kappa shape index (κ2) is 6.34. The maximum atomic E-state index is 5.66. The smallest absolute Gasteiger partial charge is 0.131 e. The first-order valence-electron chi connectivity index (χ1n) is 6.37. The molecule has 0 aliphatic heterocycles. The molecule has 3 N–H and O–H groups in total. The molecule has 104 valence electrons. The summed E-state index contributed by atoms with van der Waals surface area (Å²) < 4.78 is 5.40. The quantitative estimate of drug-likeness (QED) is 0.827. The Hall–Kier alpha value is -2.14. The Bertz CT molecular complexity index is 611. The molecular weight excluding hydrogens is 270 g/mol. The molecule has 0 bridgehead atoms. The van der Waals surface area contributed by atoms with Crippen molar-refractivity contribution in [1.29, 1.82) is 0 Å². The molecule has 0 aliphatic rings. The number of aromatic nitrogens is 1. The topological polar surface area (TPSA) is 60.2 Å². The molecule has 0 saturated carbocycles. The van der Waals surface area contributed by atoms with Crippen molar-refractivity contribution in [3.05, 3.63) is 47.7 Å². The van der Waals surface area contributed by atoms with Gasteiger partial charge < -0.3 is 15.8 Å². The van der Waals surface area contributed by atoms with E-state index in [1.807, 2.05) is 50.2 Å². The van der Waals surface area contributed by atoms with E-state index in [0.717, 1.165) is 28.5 Å². The monoisotopic (exact) mass is 287 g/mol. The van der Waals surface area contributed by atoms with Crippen LogP contribution in [0.1, 0.15) is 18.2 Å². The highest BCUT2D eigenvalue weighted by atomic mass is 32.1. The number of rotatable bonds is 5. The van der Waals surface area contributed by atoms with Gasteiger partial charge in [0.2, 0.25) is 0 Å². The highest BCUT2D eigenvalue weighted by Gasteiger charge is 2.03. The third kappa shape index (κ3) is 3.68. The zero-order valence-electron chi connectivity index (χ0n) is 11.5. The molecule has 0 radical (unpaired) electrons. The zero-order chi connectivity index (χ0) is 14.5. The molecule has 0 spiro atoms. The van der Waals surface area contributed by atoms with Gasteiger partial charge in [0.15, 0.2) is 0 Å². The molecule has 1 heterocycles. The van der Waals surface area contributed by atoms with E-state index in [9.17, 15) is 0 Å². The highest BCUT2D eigenvalue weighted by Crippen LogP contribution is 2.20. The minimum Gasteiger partial charge on any atom is -0.494 e. The molecule has 4 nitrogen and oxygen atoms in total. The third-order valence-corrected chi connectivity index (χ3v) is 2.91. The van der Waals surface area contributed by atoms with Crippen LogP contribution >= 0.6 is 12.2 Å². The van der Waals surface area contributed by atoms with Crippen LogP contribution in [0.4, 0.5) is 11.5 Å². The van der Waals surface area contributed by atoms with Gasteiger partial charge in [-0.1, -0.05) is 12.2 Å². The van der Waals surface area contributed by atoms with Gasteiger partial charge in [0.25, 0.3) is 0 Å². The number of benzene rings is 1. The summed E-state index contributed by atoms with van der Waals surface area (Å²) in [6.45, 7) is 4.52. The molecule has 2 aromatic rings.